The Morgan fingerprint density at radius 3 is 3.10 bits per heavy atom. The van der Waals surface area contributed by atoms with Crippen LogP contribution in [0.15, 0.2) is 22.6 Å². The number of aromatic nitrogens is 1. The lowest BCUT2D eigenvalue weighted by molar-refractivity contribution is 0.122. The van der Waals surface area contributed by atoms with E-state index in [9.17, 15) is 5.11 Å². The highest BCUT2D eigenvalue weighted by atomic mass is 16.3. The van der Waals surface area contributed by atoms with E-state index in [2.05, 4.69) is 9.88 Å². The maximum Gasteiger partial charge on any atom is 0.209 e. The number of rotatable bonds is 2. The van der Waals surface area contributed by atoms with Gasteiger partial charge in [0.1, 0.15) is 5.52 Å². The quantitative estimate of drug-likeness (QED) is 0.813. The first-order chi connectivity index (χ1) is 9.69. The van der Waals surface area contributed by atoms with Gasteiger partial charge in [0.2, 0.25) is 5.89 Å². The summed E-state index contributed by atoms with van der Waals surface area (Å²) in [6, 6.07) is 5.54. The second-order valence-electron chi connectivity index (χ2n) is 6.10. The van der Waals surface area contributed by atoms with Crippen LogP contribution in [0.2, 0.25) is 0 Å². The number of fused-ring (bicyclic) bond motifs is 2. The van der Waals surface area contributed by atoms with Gasteiger partial charge in [0.05, 0.1) is 12.6 Å². The Balaban J connectivity index is 1.51. The Hall–Kier alpha value is -1.59. The van der Waals surface area contributed by atoms with Gasteiger partial charge >= 0.3 is 0 Å². The van der Waals surface area contributed by atoms with Crippen molar-refractivity contribution in [3.8, 4) is 0 Å². The topological polar surface area (TPSA) is 75.5 Å². The SMILES string of the molecule is Nc1ccc2nc(CN3CC4CCC(O)C4C3)oc2c1. The van der Waals surface area contributed by atoms with Crippen LogP contribution in [0.5, 0.6) is 0 Å². The van der Waals surface area contributed by atoms with Crippen molar-refractivity contribution in [2.75, 3.05) is 18.8 Å². The molecule has 1 aliphatic carbocycles. The Bertz CT molecular complexity index is 639. The minimum atomic E-state index is -0.117. The van der Waals surface area contributed by atoms with Crippen molar-refractivity contribution >= 4 is 16.8 Å². The average molecular weight is 273 g/mol. The molecule has 1 aliphatic heterocycles. The molecule has 4 rings (SSSR count). The Morgan fingerprint density at radius 2 is 2.25 bits per heavy atom. The number of benzene rings is 1. The molecule has 3 N–H and O–H groups in total. The average Bonchev–Trinajstić information content (AvgIpc) is 3.06. The van der Waals surface area contributed by atoms with Gasteiger partial charge in [-0.15, -0.1) is 0 Å². The predicted molar refractivity (Wildman–Crippen MR) is 75.9 cm³/mol. The lowest BCUT2D eigenvalue weighted by Crippen LogP contribution is -2.24. The molecule has 1 saturated carbocycles. The first-order valence-electron chi connectivity index (χ1n) is 7.24. The van der Waals surface area contributed by atoms with Crippen LogP contribution in [0, 0.1) is 11.8 Å². The predicted octanol–water partition coefficient (Wildman–Crippen LogP) is 1.61. The summed E-state index contributed by atoms with van der Waals surface area (Å²) in [5.74, 6) is 1.82. The Labute approximate surface area is 117 Å². The van der Waals surface area contributed by atoms with Gasteiger partial charge in [-0.1, -0.05) is 0 Å². The summed E-state index contributed by atoms with van der Waals surface area (Å²) in [7, 11) is 0. The van der Waals surface area contributed by atoms with Crippen LogP contribution in [0.25, 0.3) is 11.1 Å². The van der Waals surface area contributed by atoms with Crippen molar-refractivity contribution in [2.24, 2.45) is 11.8 Å². The molecular formula is C15H19N3O2. The Kier molecular flexibility index (Phi) is 2.72. The number of aliphatic hydroxyl groups is 1. The zero-order valence-corrected chi connectivity index (χ0v) is 11.3. The summed E-state index contributed by atoms with van der Waals surface area (Å²) in [4.78, 5) is 6.84. The molecule has 0 radical (unpaired) electrons. The first kappa shape index (κ1) is 12.2. The zero-order chi connectivity index (χ0) is 13.7. The van der Waals surface area contributed by atoms with Crippen LogP contribution in [-0.4, -0.2) is 34.2 Å². The van der Waals surface area contributed by atoms with E-state index in [-0.39, 0.29) is 6.10 Å². The third-order valence-electron chi connectivity index (χ3n) is 4.71. The van der Waals surface area contributed by atoms with E-state index in [1.54, 1.807) is 0 Å². The van der Waals surface area contributed by atoms with Crippen LogP contribution in [0.3, 0.4) is 0 Å². The number of hydrogen-bond donors (Lipinski definition) is 2. The molecule has 1 aromatic carbocycles. The van der Waals surface area contributed by atoms with E-state index in [1.165, 1.54) is 0 Å². The van der Waals surface area contributed by atoms with E-state index < -0.39 is 0 Å². The van der Waals surface area contributed by atoms with Crippen LogP contribution >= 0.6 is 0 Å². The smallest absolute Gasteiger partial charge is 0.209 e. The third-order valence-corrected chi connectivity index (χ3v) is 4.71. The van der Waals surface area contributed by atoms with Crippen LogP contribution < -0.4 is 5.73 Å². The fourth-order valence-corrected chi connectivity index (χ4v) is 3.71. The molecule has 106 valence electrons. The molecule has 0 amide bonds. The highest BCUT2D eigenvalue weighted by molar-refractivity contribution is 5.76. The fourth-order valence-electron chi connectivity index (χ4n) is 3.71. The highest BCUT2D eigenvalue weighted by Crippen LogP contribution is 2.38. The Morgan fingerprint density at radius 1 is 1.35 bits per heavy atom. The summed E-state index contributed by atoms with van der Waals surface area (Å²) in [5, 5.41) is 9.95. The molecule has 2 aromatic rings. The van der Waals surface area contributed by atoms with Gasteiger partial charge in [-0.05, 0) is 30.9 Å². The largest absolute Gasteiger partial charge is 0.439 e. The number of nitrogens with two attached hydrogens (primary N) is 1. The lowest BCUT2D eigenvalue weighted by atomic mass is 10.00. The molecule has 2 fully saturated rings. The van der Waals surface area contributed by atoms with Crippen LogP contribution in [-0.2, 0) is 6.54 Å². The molecule has 5 nitrogen and oxygen atoms in total. The van der Waals surface area contributed by atoms with Crippen molar-refractivity contribution in [1.82, 2.24) is 9.88 Å². The van der Waals surface area contributed by atoms with Gasteiger partial charge in [0.15, 0.2) is 5.58 Å². The number of anilines is 1. The molecular weight excluding hydrogens is 254 g/mol. The van der Waals surface area contributed by atoms with E-state index in [0.29, 0.717) is 24.1 Å². The monoisotopic (exact) mass is 273 g/mol. The van der Waals surface area contributed by atoms with E-state index in [4.69, 9.17) is 10.2 Å². The van der Waals surface area contributed by atoms with Gasteiger partial charge in [-0.3, -0.25) is 4.90 Å². The van der Waals surface area contributed by atoms with E-state index >= 15 is 0 Å². The molecule has 5 heteroatoms. The minimum absolute atomic E-state index is 0.117. The summed E-state index contributed by atoms with van der Waals surface area (Å²) < 4.78 is 5.76. The minimum Gasteiger partial charge on any atom is -0.439 e. The molecule has 1 aromatic heterocycles. The summed E-state index contributed by atoms with van der Waals surface area (Å²) in [6.07, 6.45) is 1.99. The van der Waals surface area contributed by atoms with Gasteiger partial charge < -0.3 is 15.3 Å². The molecule has 0 bridgehead atoms. The number of aliphatic hydroxyl groups excluding tert-OH is 1. The first-order valence-corrected chi connectivity index (χ1v) is 7.24. The number of nitrogen functional groups attached to an aromatic ring is 1. The second kappa shape index (κ2) is 4.46. The van der Waals surface area contributed by atoms with Crippen LogP contribution in [0.1, 0.15) is 18.7 Å². The van der Waals surface area contributed by atoms with Gasteiger partial charge in [-0.2, -0.15) is 0 Å². The molecule has 2 heterocycles. The number of oxazole rings is 1. The molecule has 0 spiro atoms. The number of hydrogen-bond acceptors (Lipinski definition) is 5. The molecule has 1 saturated heterocycles. The normalized spacial score (nSPS) is 30.1. The lowest BCUT2D eigenvalue weighted by Gasteiger charge is -2.15. The number of nitrogens with zero attached hydrogens (tertiary/aromatic N) is 2. The summed E-state index contributed by atoms with van der Waals surface area (Å²) >= 11 is 0. The van der Waals surface area contributed by atoms with E-state index in [0.717, 1.165) is 42.9 Å². The third kappa shape index (κ3) is 1.98. The summed E-state index contributed by atoms with van der Waals surface area (Å²) in [6.45, 7) is 2.71. The van der Waals surface area contributed by atoms with Gasteiger partial charge in [0.25, 0.3) is 0 Å². The highest BCUT2D eigenvalue weighted by Gasteiger charge is 2.41. The van der Waals surface area contributed by atoms with Crippen molar-refractivity contribution in [3.05, 3.63) is 24.1 Å². The maximum atomic E-state index is 9.95. The van der Waals surface area contributed by atoms with Gasteiger partial charge in [-0.25, -0.2) is 4.98 Å². The van der Waals surface area contributed by atoms with Crippen molar-refractivity contribution in [1.29, 1.82) is 0 Å². The molecule has 2 aliphatic rings. The molecule has 20 heavy (non-hydrogen) atoms. The van der Waals surface area contributed by atoms with Gasteiger partial charge in [0, 0.05) is 30.8 Å². The van der Waals surface area contributed by atoms with Crippen molar-refractivity contribution in [3.63, 3.8) is 0 Å². The zero-order valence-electron chi connectivity index (χ0n) is 11.3. The van der Waals surface area contributed by atoms with Crippen molar-refractivity contribution < 1.29 is 9.52 Å². The van der Waals surface area contributed by atoms with Crippen LogP contribution in [0.4, 0.5) is 5.69 Å². The van der Waals surface area contributed by atoms with E-state index in [1.807, 2.05) is 18.2 Å². The molecule has 3 unspecified atom stereocenters. The second-order valence-corrected chi connectivity index (χ2v) is 6.10. The fraction of sp³-hybridized carbons (Fsp3) is 0.533. The summed E-state index contributed by atoms with van der Waals surface area (Å²) in [5.41, 5.74) is 8.05. The molecule has 3 atom stereocenters. The standard InChI is InChI=1S/C15H19N3O2/c16-10-2-3-12-14(5-10)20-15(17-12)8-18-6-9-1-4-13(19)11(9)7-18/h2-3,5,9,11,13,19H,1,4,6-8,16H2. The number of likely N-dealkylation sites (tertiary alicyclic amines) is 1. The van der Waals surface area contributed by atoms with Crippen molar-refractivity contribution in [2.45, 2.75) is 25.5 Å². The maximum absolute atomic E-state index is 9.95.